The highest BCUT2D eigenvalue weighted by atomic mass is 19.4. The summed E-state index contributed by atoms with van der Waals surface area (Å²) in [6, 6.07) is 7.19. The van der Waals surface area contributed by atoms with Crippen LogP contribution in [0, 0.1) is 5.82 Å². The summed E-state index contributed by atoms with van der Waals surface area (Å²) in [6.45, 7) is 8.53. The highest BCUT2D eigenvalue weighted by molar-refractivity contribution is 5.73. The van der Waals surface area contributed by atoms with E-state index in [1.54, 1.807) is 0 Å². The lowest BCUT2D eigenvalue weighted by atomic mass is 9.84. The van der Waals surface area contributed by atoms with Gasteiger partial charge in [-0.2, -0.15) is 26.3 Å². The quantitative estimate of drug-likeness (QED) is 0.521. The van der Waals surface area contributed by atoms with Crippen LogP contribution >= 0.6 is 0 Å². The highest BCUT2D eigenvalue weighted by Crippen LogP contribution is 2.39. The van der Waals surface area contributed by atoms with Crippen LogP contribution in [-0.2, 0) is 21.7 Å². The summed E-state index contributed by atoms with van der Waals surface area (Å²) in [5, 5.41) is 23.2. The average molecular weight is 571 g/mol. The maximum absolute atomic E-state index is 13.3. The van der Waals surface area contributed by atoms with Gasteiger partial charge in [-0.1, -0.05) is 0 Å². The molecule has 0 unspecified atom stereocenters. The fraction of sp³-hybridized carbons (Fsp3) is 0.565. The standard InChI is InChI=1S/C19H26FN5.2C2HF3O2/c1-14(2)24-10-8-19(9-11-24)13-23(3)12-17-21-22-18(25(17)19)15-4-6-16(20)7-5-15;2*3-2(4,5)1(6)7/h4-7,14H,8-13H2,1-3H3;2*(H,6,7). The number of likely N-dealkylation sites (tertiary alicyclic amines) is 1. The van der Waals surface area contributed by atoms with Crippen LogP contribution in [0.25, 0.3) is 11.4 Å². The molecular formula is C23H28F7N5O4. The third-order valence-corrected chi connectivity index (χ3v) is 6.23. The molecule has 0 atom stereocenters. The Morgan fingerprint density at radius 3 is 1.79 bits per heavy atom. The Bertz CT molecular complexity index is 1100. The first-order chi connectivity index (χ1) is 17.9. The van der Waals surface area contributed by atoms with E-state index in [9.17, 15) is 30.7 Å². The van der Waals surface area contributed by atoms with E-state index in [0.29, 0.717) is 6.04 Å². The van der Waals surface area contributed by atoms with Crippen LogP contribution in [0.3, 0.4) is 0 Å². The Morgan fingerprint density at radius 1 is 0.923 bits per heavy atom. The number of nitrogens with zero attached hydrogens (tertiary/aromatic N) is 5. The van der Waals surface area contributed by atoms with Gasteiger partial charge in [0.25, 0.3) is 0 Å². The summed E-state index contributed by atoms with van der Waals surface area (Å²) in [4.78, 5) is 22.7. The van der Waals surface area contributed by atoms with Crippen molar-refractivity contribution >= 4 is 11.9 Å². The van der Waals surface area contributed by atoms with Crippen LogP contribution in [0.15, 0.2) is 24.3 Å². The normalized spacial score (nSPS) is 17.5. The summed E-state index contributed by atoms with van der Waals surface area (Å²) < 4.78 is 79.2. The monoisotopic (exact) mass is 571 g/mol. The zero-order valence-corrected chi connectivity index (χ0v) is 21.2. The van der Waals surface area contributed by atoms with Gasteiger partial charge in [0.15, 0.2) is 5.82 Å². The average Bonchev–Trinajstić information content (AvgIpc) is 3.24. The van der Waals surface area contributed by atoms with Crippen LogP contribution < -0.4 is 0 Å². The lowest BCUT2D eigenvalue weighted by Crippen LogP contribution is -2.56. The molecule has 9 nitrogen and oxygen atoms in total. The largest absolute Gasteiger partial charge is 0.490 e. The van der Waals surface area contributed by atoms with Gasteiger partial charge in [-0.15, -0.1) is 10.2 Å². The molecule has 0 radical (unpaired) electrons. The maximum atomic E-state index is 13.3. The van der Waals surface area contributed by atoms with E-state index in [4.69, 9.17) is 19.8 Å². The zero-order valence-electron chi connectivity index (χ0n) is 21.2. The third-order valence-electron chi connectivity index (χ3n) is 6.23. The van der Waals surface area contributed by atoms with Crippen molar-refractivity contribution < 1.29 is 50.5 Å². The van der Waals surface area contributed by atoms with Gasteiger partial charge >= 0.3 is 24.3 Å². The van der Waals surface area contributed by atoms with Gasteiger partial charge in [0.2, 0.25) is 0 Å². The molecule has 0 bridgehead atoms. The first kappa shape index (κ1) is 31.9. The number of aromatic nitrogens is 3. The predicted molar refractivity (Wildman–Crippen MR) is 123 cm³/mol. The van der Waals surface area contributed by atoms with Gasteiger partial charge in [-0.25, -0.2) is 14.0 Å². The van der Waals surface area contributed by atoms with E-state index < -0.39 is 24.3 Å². The number of alkyl halides is 6. The molecule has 1 spiro atoms. The van der Waals surface area contributed by atoms with Crippen molar-refractivity contribution in [2.24, 2.45) is 0 Å². The number of benzene rings is 1. The number of carboxylic acids is 2. The Kier molecular flexibility index (Phi) is 10.1. The number of fused-ring (bicyclic) bond motifs is 2. The van der Waals surface area contributed by atoms with E-state index in [1.165, 1.54) is 12.1 Å². The number of halogens is 7. The third kappa shape index (κ3) is 8.36. The van der Waals surface area contributed by atoms with Crippen LogP contribution in [0.2, 0.25) is 0 Å². The van der Waals surface area contributed by atoms with Crippen LogP contribution in [0.5, 0.6) is 0 Å². The molecule has 218 valence electrons. The molecule has 0 saturated carbocycles. The number of carboxylic acid groups (broad SMARTS) is 2. The van der Waals surface area contributed by atoms with E-state index in [0.717, 1.165) is 56.2 Å². The minimum Gasteiger partial charge on any atom is -0.475 e. The number of carbonyl (C=O) groups is 2. The Hall–Kier alpha value is -3.27. The SMILES string of the molecule is CC(C)N1CCC2(CC1)CN(C)Cc1nnc(-c3ccc(F)cc3)n12.O=C(O)C(F)(F)F.O=C(O)C(F)(F)F. The second kappa shape index (κ2) is 12.3. The lowest BCUT2D eigenvalue weighted by molar-refractivity contribution is -0.193. The van der Waals surface area contributed by atoms with Crippen molar-refractivity contribution in [3.8, 4) is 11.4 Å². The summed E-state index contributed by atoms with van der Waals surface area (Å²) in [5.41, 5.74) is 0.969. The number of hydrogen-bond acceptors (Lipinski definition) is 6. The number of piperidine rings is 1. The van der Waals surface area contributed by atoms with Crippen LogP contribution in [0.4, 0.5) is 30.7 Å². The molecule has 0 amide bonds. The molecule has 2 aliphatic heterocycles. The maximum Gasteiger partial charge on any atom is 0.490 e. The molecule has 39 heavy (non-hydrogen) atoms. The second-order valence-corrected chi connectivity index (χ2v) is 9.41. The molecule has 2 aromatic rings. The molecule has 3 heterocycles. The smallest absolute Gasteiger partial charge is 0.475 e. The van der Waals surface area contributed by atoms with Crippen LogP contribution in [0.1, 0.15) is 32.5 Å². The van der Waals surface area contributed by atoms with E-state index in [1.807, 2.05) is 12.1 Å². The summed E-state index contributed by atoms with van der Waals surface area (Å²) >= 11 is 0. The van der Waals surface area contributed by atoms with E-state index in [2.05, 4.69) is 45.5 Å². The van der Waals surface area contributed by atoms with Crippen molar-refractivity contribution in [3.63, 3.8) is 0 Å². The minimum absolute atomic E-state index is 0.0287. The molecule has 1 fully saturated rings. The van der Waals surface area contributed by atoms with Crippen LogP contribution in [-0.4, -0.2) is 91.8 Å². The number of likely N-dealkylation sites (N-methyl/N-ethyl adjacent to an activating group) is 1. The summed E-state index contributed by atoms with van der Waals surface area (Å²) in [6.07, 6.45) is -7.98. The molecular weight excluding hydrogens is 543 g/mol. The van der Waals surface area contributed by atoms with Crippen molar-refractivity contribution in [3.05, 3.63) is 35.9 Å². The molecule has 4 rings (SSSR count). The molecule has 1 aromatic heterocycles. The van der Waals surface area contributed by atoms with Crippen molar-refractivity contribution in [1.82, 2.24) is 24.6 Å². The topological polar surface area (TPSA) is 112 Å². The highest BCUT2D eigenvalue weighted by Gasteiger charge is 2.44. The Morgan fingerprint density at radius 2 is 1.38 bits per heavy atom. The molecule has 2 aliphatic rings. The van der Waals surface area contributed by atoms with Crippen molar-refractivity contribution in [1.29, 1.82) is 0 Å². The second-order valence-electron chi connectivity index (χ2n) is 9.41. The minimum atomic E-state index is -5.08. The van der Waals surface area contributed by atoms with Gasteiger partial charge in [-0.05, 0) is 58.0 Å². The number of aliphatic carboxylic acids is 2. The van der Waals surface area contributed by atoms with Crippen molar-refractivity contribution in [2.45, 2.75) is 57.2 Å². The van der Waals surface area contributed by atoms with Crippen molar-refractivity contribution in [2.75, 3.05) is 26.7 Å². The Labute approximate surface area is 218 Å². The number of rotatable bonds is 2. The molecule has 1 aromatic carbocycles. The first-order valence-electron chi connectivity index (χ1n) is 11.6. The fourth-order valence-corrected chi connectivity index (χ4v) is 4.41. The molecule has 16 heteroatoms. The molecule has 2 N–H and O–H groups in total. The Balaban J connectivity index is 0.000000317. The summed E-state index contributed by atoms with van der Waals surface area (Å²) in [7, 11) is 2.16. The van der Waals surface area contributed by atoms with E-state index >= 15 is 0 Å². The van der Waals surface area contributed by atoms with Gasteiger partial charge in [0.05, 0.1) is 12.1 Å². The number of hydrogen-bond donors (Lipinski definition) is 2. The lowest BCUT2D eigenvalue weighted by Gasteiger charge is -2.49. The van der Waals surface area contributed by atoms with Gasteiger partial charge in [0.1, 0.15) is 11.6 Å². The zero-order chi connectivity index (χ0) is 29.8. The van der Waals surface area contributed by atoms with Gasteiger partial charge in [0, 0.05) is 31.2 Å². The molecule has 1 saturated heterocycles. The van der Waals surface area contributed by atoms with E-state index in [-0.39, 0.29) is 11.4 Å². The molecule has 0 aliphatic carbocycles. The summed E-state index contributed by atoms with van der Waals surface area (Å²) in [5.74, 6) is -3.84. The van der Waals surface area contributed by atoms with Gasteiger partial charge < -0.3 is 19.7 Å². The fourth-order valence-electron chi connectivity index (χ4n) is 4.41. The van der Waals surface area contributed by atoms with Gasteiger partial charge in [-0.3, -0.25) is 4.90 Å². The predicted octanol–water partition coefficient (Wildman–Crippen LogP) is 4.00. The first-order valence-corrected chi connectivity index (χ1v) is 11.6.